The van der Waals surface area contributed by atoms with Crippen LogP contribution in [0.4, 0.5) is 5.69 Å². The summed E-state index contributed by atoms with van der Waals surface area (Å²) in [5, 5.41) is 0. The Bertz CT molecular complexity index is 1410. The van der Waals surface area contributed by atoms with Gasteiger partial charge in [-0.3, -0.25) is 9.35 Å². The Morgan fingerprint density at radius 2 is 1.82 bits per heavy atom. The molecule has 2 atom stereocenters. The fourth-order valence-electron chi connectivity index (χ4n) is 5.97. The number of carbonyl (C=O) groups is 1. The summed E-state index contributed by atoms with van der Waals surface area (Å²) in [6.45, 7) is 17.2. The van der Waals surface area contributed by atoms with E-state index in [-0.39, 0.29) is 23.4 Å². The molecule has 2 aliphatic rings. The first-order valence-corrected chi connectivity index (χ1v) is 15.0. The molecule has 0 radical (unpaired) electrons. The first-order valence-electron chi connectivity index (χ1n) is 13.6. The van der Waals surface area contributed by atoms with E-state index in [1.54, 1.807) is 6.07 Å². The third-order valence-electron chi connectivity index (χ3n) is 8.57. The lowest BCUT2D eigenvalue weighted by Crippen LogP contribution is -2.60. The Hall–Kier alpha value is -2.84. The van der Waals surface area contributed by atoms with Gasteiger partial charge >= 0.3 is 5.97 Å². The van der Waals surface area contributed by atoms with Crippen molar-refractivity contribution in [1.82, 2.24) is 0 Å². The van der Waals surface area contributed by atoms with Gasteiger partial charge in [0.25, 0.3) is 10.1 Å². The van der Waals surface area contributed by atoms with E-state index in [1.807, 2.05) is 19.1 Å². The van der Waals surface area contributed by atoms with Crippen molar-refractivity contribution in [3.05, 3.63) is 59.2 Å². The highest BCUT2D eigenvalue weighted by Crippen LogP contribution is 2.55. The van der Waals surface area contributed by atoms with Gasteiger partial charge in [-0.1, -0.05) is 45.4 Å². The maximum atomic E-state index is 13.3. The third kappa shape index (κ3) is 4.97. The zero-order valence-electron chi connectivity index (χ0n) is 24.2. The van der Waals surface area contributed by atoms with Crippen molar-refractivity contribution in [3.63, 3.8) is 0 Å². The average Bonchev–Trinajstić information content (AvgIpc) is 3.00. The lowest BCUT2D eigenvalue weighted by Gasteiger charge is -2.47. The number of esters is 1. The molecule has 2 aliphatic heterocycles. The van der Waals surface area contributed by atoms with Crippen molar-refractivity contribution in [2.24, 2.45) is 17.3 Å². The number of aryl methyl sites for hydroxylation is 1. The van der Waals surface area contributed by atoms with Gasteiger partial charge in [0.15, 0.2) is 0 Å². The van der Waals surface area contributed by atoms with Crippen molar-refractivity contribution >= 4 is 27.9 Å². The van der Waals surface area contributed by atoms with Crippen LogP contribution < -0.4 is 9.64 Å². The molecule has 4 rings (SSSR count). The van der Waals surface area contributed by atoms with Gasteiger partial charge in [0.2, 0.25) is 5.72 Å². The molecule has 0 aromatic heterocycles. The van der Waals surface area contributed by atoms with Gasteiger partial charge in [-0.25, -0.2) is 0 Å². The van der Waals surface area contributed by atoms with Gasteiger partial charge < -0.3 is 14.4 Å². The number of hydrogen-bond donors (Lipinski definition) is 1. The number of benzene rings is 2. The first kappa shape index (κ1) is 29.2. The minimum Gasteiger partial charge on any atom is -0.463 e. The van der Waals surface area contributed by atoms with E-state index in [9.17, 15) is 17.8 Å². The molecular formula is C31H41NO6S. The highest BCUT2D eigenvalue weighted by Gasteiger charge is 2.59. The number of rotatable bonds is 8. The predicted octanol–water partition coefficient (Wildman–Crippen LogP) is 6.39. The van der Waals surface area contributed by atoms with Crippen LogP contribution >= 0.6 is 0 Å². The van der Waals surface area contributed by atoms with Gasteiger partial charge in [-0.05, 0) is 87.9 Å². The van der Waals surface area contributed by atoms with Crippen LogP contribution in [-0.2, 0) is 25.1 Å². The Labute approximate surface area is 232 Å². The van der Waals surface area contributed by atoms with Gasteiger partial charge in [0.1, 0.15) is 12.4 Å². The van der Waals surface area contributed by atoms with E-state index >= 15 is 0 Å². The number of carbonyl (C=O) groups excluding carboxylic acids is 1. The second kappa shape index (κ2) is 9.97. The van der Waals surface area contributed by atoms with Crippen molar-refractivity contribution < 1.29 is 27.2 Å². The van der Waals surface area contributed by atoms with Crippen LogP contribution in [-0.4, -0.2) is 37.8 Å². The van der Waals surface area contributed by atoms with Crippen molar-refractivity contribution in [2.75, 3.05) is 18.1 Å². The van der Waals surface area contributed by atoms with E-state index in [4.69, 9.17) is 9.47 Å². The maximum Gasteiger partial charge on any atom is 0.312 e. The standard InChI is InChI=1S/C31H41NO6S/c1-20(2)19-30(8,21(3)4)28(33)37-16-15-32-26-11-9-22(5)17-25(26)29(6,7)31(32)14-13-23-18-24(39(34,35)36)10-12-27(23)38-31/h9-14,17-18,20-21H,15-16,19H2,1-8H3,(H,34,35,36)/t30?,31-/m1/s1. The third-order valence-corrected chi connectivity index (χ3v) is 9.42. The Kier molecular flexibility index (Phi) is 7.45. The molecule has 39 heavy (non-hydrogen) atoms. The van der Waals surface area contributed by atoms with Crippen LogP contribution in [0.3, 0.4) is 0 Å². The van der Waals surface area contributed by atoms with Crippen LogP contribution in [0.25, 0.3) is 6.08 Å². The van der Waals surface area contributed by atoms with E-state index in [0.717, 1.165) is 23.2 Å². The topological polar surface area (TPSA) is 93.1 Å². The molecule has 1 unspecified atom stereocenters. The van der Waals surface area contributed by atoms with Crippen LogP contribution in [0.2, 0.25) is 0 Å². The summed E-state index contributed by atoms with van der Waals surface area (Å²) in [6, 6.07) is 10.6. The molecule has 0 amide bonds. The number of nitrogens with zero attached hydrogens (tertiary/aromatic N) is 1. The van der Waals surface area contributed by atoms with Crippen molar-refractivity contribution in [3.8, 4) is 5.75 Å². The molecule has 2 aromatic rings. The average molecular weight is 556 g/mol. The largest absolute Gasteiger partial charge is 0.463 e. The molecule has 0 saturated heterocycles. The summed E-state index contributed by atoms with van der Waals surface area (Å²) in [4.78, 5) is 15.3. The van der Waals surface area contributed by atoms with E-state index in [1.165, 1.54) is 12.1 Å². The fraction of sp³-hybridized carbons (Fsp3) is 0.516. The lowest BCUT2D eigenvalue weighted by molar-refractivity contribution is -0.158. The smallest absolute Gasteiger partial charge is 0.312 e. The molecule has 0 fully saturated rings. The summed E-state index contributed by atoms with van der Waals surface area (Å²) in [5.41, 5.74) is 1.79. The van der Waals surface area contributed by atoms with Gasteiger partial charge in [0.05, 0.1) is 22.3 Å². The lowest BCUT2D eigenvalue weighted by atomic mass is 9.73. The highest BCUT2D eigenvalue weighted by atomic mass is 32.2. The second-order valence-corrected chi connectivity index (χ2v) is 13.8. The number of fused-ring (bicyclic) bond motifs is 2. The molecule has 1 spiro atoms. The molecule has 212 valence electrons. The Balaban J connectivity index is 1.68. The molecule has 0 aliphatic carbocycles. The number of hydrogen-bond acceptors (Lipinski definition) is 6. The van der Waals surface area contributed by atoms with Crippen LogP contribution in [0.1, 0.15) is 71.6 Å². The van der Waals surface area contributed by atoms with Crippen LogP contribution in [0, 0.1) is 24.2 Å². The summed E-state index contributed by atoms with van der Waals surface area (Å²) < 4.78 is 45.6. The summed E-state index contributed by atoms with van der Waals surface area (Å²) in [6.07, 6.45) is 4.53. The van der Waals surface area contributed by atoms with Gasteiger partial charge in [0, 0.05) is 11.3 Å². The summed E-state index contributed by atoms with van der Waals surface area (Å²) in [7, 11) is -4.34. The number of ether oxygens (including phenoxy) is 2. The minimum atomic E-state index is -4.34. The zero-order chi connectivity index (χ0) is 29.0. The maximum absolute atomic E-state index is 13.3. The summed E-state index contributed by atoms with van der Waals surface area (Å²) >= 11 is 0. The zero-order valence-corrected chi connectivity index (χ0v) is 25.1. The minimum absolute atomic E-state index is 0.141. The van der Waals surface area contributed by atoms with E-state index in [0.29, 0.717) is 23.8 Å². The Morgan fingerprint density at radius 1 is 1.13 bits per heavy atom. The molecule has 8 heteroatoms. The summed E-state index contributed by atoms with van der Waals surface area (Å²) in [5.74, 6) is 0.826. The normalized spacial score (nSPS) is 21.1. The van der Waals surface area contributed by atoms with Gasteiger partial charge in [-0.15, -0.1) is 0 Å². The second-order valence-electron chi connectivity index (χ2n) is 12.4. The molecule has 0 bridgehead atoms. The molecule has 1 N–H and O–H groups in total. The molecule has 2 heterocycles. The number of anilines is 1. The monoisotopic (exact) mass is 555 g/mol. The first-order chi connectivity index (χ1) is 18.0. The molecule has 0 saturated carbocycles. The quantitative estimate of drug-likeness (QED) is 0.298. The molecule has 7 nitrogen and oxygen atoms in total. The van der Waals surface area contributed by atoms with E-state index < -0.39 is 26.7 Å². The van der Waals surface area contributed by atoms with Crippen molar-refractivity contribution in [1.29, 1.82) is 0 Å². The van der Waals surface area contributed by atoms with E-state index in [2.05, 4.69) is 71.6 Å². The van der Waals surface area contributed by atoms with Crippen LogP contribution in [0.5, 0.6) is 5.75 Å². The predicted molar refractivity (Wildman–Crippen MR) is 154 cm³/mol. The van der Waals surface area contributed by atoms with Gasteiger partial charge in [-0.2, -0.15) is 8.42 Å². The Morgan fingerprint density at radius 3 is 2.44 bits per heavy atom. The molecular weight excluding hydrogens is 514 g/mol. The molecule has 2 aromatic carbocycles. The van der Waals surface area contributed by atoms with Crippen LogP contribution in [0.15, 0.2) is 47.4 Å². The van der Waals surface area contributed by atoms with Crippen molar-refractivity contribution in [2.45, 2.75) is 77.8 Å². The SMILES string of the molecule is Cc1ccc2c(c1)C(C)(C)[C@]1(C=Cc3cc(S(=O)(=O)O)ccc3O1)N2CCOC(=O)C(C)(CC(C)C)C(C)C. The fourth-order valence-corrected chi connectivity index (χ4v) is 6.49. The highest BCUT2D eigenvalue weighted by molar-refractivity contribution is 7.85.